The van der Waals surface area contributed by atoms with Gasteiger partial charge >= 0.3 is 6.09 Å². The van der Waals surface area contributed by atoms with Gasteiger partial charge in [-0.3, -0.25) is 4.90 Å². The van der Waals surface area contributed by atoms with Crippen molar-refractivity contribution in [1.29, 1.82) is 5.26 Å². The van der Waals surface area contributed by atoms with Gasteiger partial charge in [-0.2, -0.15) is 5.26 Å². The molecule has 0 N–H and O–H groups in total. The Morgan fingerprint density at radius 1 is 1.26 bits per heavy atom. The van der Waals surface area contributed by atoms with Gasteiger partial charge in [0.25, 0.3) is 0 Å². The van der Waals surface area contributed by atoms with E-state index in [0.29, 0.717) is 32.0 Å². The van der Waals surface area contributed by atoms with Gasteiger partial charge in [0.15, 0.2) is 0 Å². The van der Waals surface area contributed by atoms with E-state index in [9.17, 15) is 10.1 Å². The summed E-state index contributed by atoms with van der Waals surface area (Å²) < 4.78 is 5.38. The molecule has 7 nitrogen and oxygen atoms in total. The summed E-state index contributed by atoms with van der Waals surface area (Å²) in [6.45, 7) is 9.68. The Morgan fingerprint density at radius 2 is 1.83 bits per heavy atom. The zero-order valence-corrected chi connectivity index (χ0v) is 14.1. The van der Waals surface area contributed by atoms with Crippen molar-refractivity contribution in [3.63, 3.8) is 0 Å². The molecule has 1 saturated heterocycles. The van der Waals surface area contributed by atoms with Crippen molar-refractivity contribution in [3.05, 3.63) is 23.8 Å². The number of ether oxygens (including phenoxy) is 1. The van der Waals surface area contributed by atoms with Gasteiger partial charge in [0.05, 0.1) is 6.07 Å². The van der Waals surface area contributed by atoms with Gasteiger partial charge in [-0.15, -0.1) is 0 Å². The first-order valence-corrected chi connectivity index (χ1v) is 7.70. The summed E-state index contributed by atoms with van der Waals surface area (Å²) in [4.78, 5) is 24.1. The highest BCUT2D eigenvalue weighted by molar-refractivity contribution is 5.68. The van der Waals surface area contributed by atoms with Crippen LogP contribution in [0, 0.1) is 18.3 Å². The molecule has 0 aliphatic carbocycles. The normalized spacial score (nSPS) is 17.4. The van der Waals surface area contributed by atoms with Crippen LogP contribution in [0.5, 0.6) is 0 Å². The molecular weight excluding hydrogens is 294 g/mol. The minimum atomic E-state index is -0.497. The van der Waals surface area contributed by atoms with Crippen LogP contribution in [-0.4, -0.2) is 57.6 Å². The molecule has 0 bridgehead atoms. The second-order valence-corrected chi connectivity index (χ2v) is 6.60. The minimum Gasteiger partial charge on any atom is -0.444 e. The highest BCUT2D eigenvalue weighted by Crippen LogP contribution is 2.21. The van der Waals surface area contributed by atoms with Gasteiger partial charge in [0.1, 0.15) is 17.5 Å². The number of carbonyl (C=O) groups excluding carboxylic acids is 1. The zero-order valence-electron chi connectivity index (χ0n) is 14.1. The van der Waals surface area contributed by atoms with Crippen molar-refractivity contribution < 1.29 is 9.53 Å². The molecule has 2 heterocycles. The third-order valence-electron chi connectivity index (χ3n) is 3.57. The lowest BCUT2D eigenvalue weighted by Crippen LogP contribution is -2.50. The Bertz CT molecular complexity index is 580. The number of amides is 1. The highest BCUT2D eigenvalue weighted by atomic mass is 16.6. The number of piperazine rings is 1. The van der Waals surface area contributed by atoms with Gasteiger partial charge in [0, 0.05) is 44.1 Å². The van der Waals surface area contributed by atoms with E-state index in [1.165, 1.54) is 0 Å². The number of aryl methyl sites for hydroxylation is 1. The van der Waals surface area contributed by atoms with Crippen molar-refractivity contribution in [1.82, 2.24) is 19.8 Å². The molecule has 124 valence electrons. The van der Waals surface area contributed by atoms with Gasteiger partial charge in [0.2, 0.25) is 0 Å². The summed E-state index contributed by atoms with van der Waals surface area (Å²) in [6, 6.07) is 1.91. The maximum atomic E-state index is 12.1. The molecule has 1 aliphatic rings. The first-order valence-electron chi connectivity index (χ1n) is 7.70. The van der Waals surface area contributed by atoms with E-state index in [1.807, 2.05) is 32.6 Å². The Kier molecular flexibility index (Phi) is 5.16. The number of aromatic nitrogens is 2. The second-order valence-electron chi connectivity index (χ2n) is 6.60. The topological polar surface area (TPSA) is 82.4 Å². The van der Waals surface area contributed by atoms with Crippen LogP contribution in [0.15, 0.2) is 12.4 Å². The van der Waals surface area contributed by atoms with Crippen LogP contribution >= 0.6 is 0 Å². The molecule has 0 radical (unpaired) electrons. The Hall–Kier alpha value is -2.20. The molecule has 1 atom stereocenters. The van der Waals surface area contributed by atoms with Gasteiger partial charge in [-0.05, 0) is 27.7 Å². The summed E-state index contributed by atoms with van der Waals surface area (Å²) >= 11 is 0. The van der Waals surface area contributed by atoms with Crippen LogP contribution in [0.3, 0.4) is 0 Å². The summed E-state index contributed by atoms with van der Waals surface area (Å²) in [7, 11) is 0. The second kappa shape index (κ2) is 6.92. The van der Waals surface area contributed by atoms with E-state index in [2.05, 4.69) is 16.0 Å². The van der Waals surface area contributed by atoms with Crippen molar-refractivity contribution in [2.75, 3.05) is 26.2 Å². The summed E-state index contributed by atoms with van der Waals surface area (Å²) in [5.74, 6) is 0.681. The smallest absolute Gasteiger partial charge is 0.410 e. The summed E-state index contributed by atoms with van der Waals surface area (Å²) in [6.07, 6.45) is 3.08. The van der Waals surface area contributed by atoms with E-state index in [4.69, 9.17) is 4.74 Å². The molecular formula is C16H23N5O2. The van der Waals surface area contributed by atoms with Crippen molar-refractivity contribution in [2.24, 2.45) is 0 Å². The fourth-order valence-corrected chi connectivity index (χ4v) is 2.40. The van der Waals surface area contributed by atoms with E-state index in [-0.39, 0.29) is 6.09 Å². The molecule has 1 aliphatic heterocycles. The number of nitrogens with zero attached hydrogens (tertiary/aromatic N) is 5. The molecule has 23 heavy (non-hydrogen) atoms. The highest BCUT2D eigenvalue weighted by Gasteiger charge is 2.29. The van der Waals surface area contributed by atoms with Crippen LogP contribution in [0.4, 0.5) is 4.79 Å². The van der Waals surface area contributed by atoms with Crippen LogP contribution in [0.1, 0.15) is 38.2 Å². The number of hydrogen-bond acceptors (Lipinski definition) is 6. The fourth-order valence-electron chi connectivity index (χ4n) is 2.40. The molecule has 1 fully saturated rings. The molecule has 1 unspecified atom stereocenters. The molecule has 1 aromatic rings. The first kappa shape index (κ1) is 17.2. The van der Waals surface area contributed by atoms with E-state index in [1.54, 1.807) is 17.3 Å². The molecule has 2 rings (SSSR count). The SMILES string of the molecule is Cc1ncc(C(C#N)N2CCN(C(=O)OC(C)(C)C)CC2)cn1. The van der Waals surface area contributed by atoms with Crippen LogP contribution < -0.4 is 0 Å². The number of nitriles is 1. The monoisotopic (exact) mass is 317 g/mol. The lowest BCUT2D eigenvalue weighted by atomic mass is 10.1. The third kappa shape index (κ3) is 4.63. The van der Waals surface area contributed by atoms with Gasteiger partial charge in [-0.25, -0.2) is 14.8 Å². The largest absolute Gasteiger partial charge is 0.444 e. The predicted octanol–water partition coefficient (Wildman–Crippen LogP) is 1.90. The summed E-state index contributed by atoms with van der Waals surface area (Å²) in [5, 5.41) is 9.48. The number of rotatable bonds is 2. The maximum absolute atomic E-state index is 12.1. The number of hydrogen-bond donors (Lipinski definition) is 0. The van der Waals surface area contributed by atoms with E-state index >= 15 is 0 Å². The van der Waals surface area contributed by atoms with Gasteiger partial charge < -0.3 is 9.64 Å². The third-order valence-corrected chi connectivity index (χ3v) is 3.57. The first-order chi connectivity index (χ1) is 10.8. The quantitative estimate of drug-likeness (QED) is 0.828. The molecule has 0 spiro atoms. The standard InChI is InChI=1S/C16H23N5O2/c1-12-18-10-13(11-19-12)14(9-17)20-5-7-21(8-6-20)15(22)23-16(2,3)4/h10-11,14H,5-8H2,1-4H3. The zero-order chi connectivity index (χ0) is 17.0. The molecule has 0 saturated carbocycles. The Morgan fingerprint density at radius 3 is 2.30 bits per heavy atom. The maximum Gasteiger partial charge on any atom is 0.410 e. The Balaban J connectivity index is 1.96. The average Bonchev–Trinajstić information content (AvgIpc) is 2.49. The predicted molar refractivity (Wildman–Crippen MR) is 84.5 cm³/mol. The van der Waals surface area contributed by atoms with Crippen molar-refractivity contribution >= 4 is 6.09 Å². The lowest BCUT2D eigenvalue weighted by molar-refractivity contribution is 0.0124. The van der Waals surface area contributed by atoms with E-state index < -0.39 is 11.6 Å². The molecule has 0 aromatic carbocycles. The molecule has 1 aromatic heterocycles. The van der Waals surface area contributed by atoms with Crippen LogP contribution in [0.2, 0.25) is 0 Å². The van der Waals surface area contributed by atoms with Gasteiger partial charge in [-0.1, -0.05) is 0 Å². The Labute approximate surface area is 136 Å². The van der Waals surface area contributed by atoms with Crippen LogP contribution in [-0.2, 0) is 4.74 Å². The summed E-state index contributed by atoms with van der Waals surface area (Å²) in [5.41, 5.74) is 0.284. The van der Waals surface area contributed by atoms with Crippen molar-refractivity contribution in [2.45, 2.75) is 39.3 Å². The minimum absolute atomic E-state index is 0.302. The molecule has 1 amide bonds. The fraction of sp³-hybridized carbons (Fsp3) is 0.625. The van der Waals surface area contributed by atoms with Crippen LogP contribution in [0.25, 0.3) is 0 Å². The lowest BCUT2D eigenvalue weighted by Gasteiger charge is -2.37. The molecule has 7 heteroatoms. The average molecular weight is 317 g/mol. The number of carbonyl (C=O) groups is 1. The van der Waals surface area contributed by atoms with Crippen molar-refractivity contribution in [3.8, 4) is 6.07 Å². The van der Waals surface area contributed by atoms with E-state index in [0.717, 1.165) is 5.56 Å².